The molecule has 0 atom stereocenters. The van der Waals surface area contributed by atoms with Gasteiger partial charge in [-0.1, -0.05) is 0 Å². The van der Waals surface area contributed by atoms with Crippen LogP contribution in [0.2, 0.25) is 0 Å². The molecule has 0 spiro atoms. The highest BCUT2D eigenvalue weighted by Gasteiger charge is 2.12. The number of amides is 1. The second-order valence-corrected chi connectivity index (χ2v) is 3.24. The molecule has 0 fully saturated rings. The zero-order valence-electron chi connectivity index (χ0n) is 7.71. The van der Waals surface area contributed by atoms with Crippen LogP contribution in [0.1, 0.15) is 16.1 Å². The van der Waals surface area contributed by atoms with Crippen molar-refractivity contribution >= 4 is 17.5 Å². The molecule has 0 aliphatic heterocycles. The quantitative estimate of drug-likeness (QED) is 0.700. The summed E-state index contributed by atoms with van der Waals surface area (Å²) in [5.41, 5.74) is 0.574. The molecule has 13 heavy (non-hydrogen) atoms. The summed E-state index contributed by atoms with van der Waals surface area (Å²) >= 11 is 5.52. The summed E-state index contributed by atoms with van der Waals surface area (Å²) in [5.74, 6) is 1.12. The Morgan fingerprint density at radius 3 is 2.85 bits per heavy atom. The van der Waals surface area contributed by atoms with E-state index in [0.29, 0.717) is 18.0 Å². The van der Waals surface area contributed by atoms with E-state index < -0.39 is 0 Å². The average molecular weight is 202 g/mol. The summed E-state index contributed by atoms with van der Waals surface area (Å²) in [6, 6.07) is 1.72. The van der Waals surface area contributed by atoms with E-state index in [1.165, 1.54) is 6.26 Å². The van der Waals surface area contributed by atoms with E-state index in [1.807, 2.05) is 0 Å². The van der Waals surface area contributed by atoms with E-state index in [1.54, 1.807) is 24.9 Å². The van der Waals surface area contributed by atoms with E-state index in [2.05, 4.69) is 0 Å². The number of nitrogens with zero attached hydrogens (tertiary/aromatic N) is 1. The molecule has 0 bridgehead atoms. The maximum atomic E-state index is 11.6. The Kier molecular flexibility index (Phi) is 3.37. The van der Waals surface area contributed by atoms with Gasteiger partial charge in [-0.25, -0.2) is 0 Å². The molecule has 1 amide bonds. The Morgan fingerprint density at radius 2 is 2.38 bits per heavy atom. The van der Waals surface area contributed by atoms with Crippen LogP contribution >= 0.6 is 11.6 Å². The van der Waals surface area contributed by atoms with Crippen LogP contribution in [0.3, 0.4) is 0 Å². The zero-order chi connectivity index (χ0) is 9.84. The summed E-state index contributed by atoms with van der Waals surface area (Å²) in [6.07, 6.45) is 1.46. The average Bonchev–Trinajstić information content (AvgIpc) is 2.51. The van der Waals surface area contributed by atoms with Crippen LogP contribution in [0.15, 0.2) is 16.7 Å². The second-order valence-electron chi connectivity index (χ2n) is 2.86. The normalized spacial score (nSPS) is 10.1. The molecule has 0 saturated carbocycles. The van der Waals surface area contributed by atoms with Crippen LogP contribution in [-0.4, -0.2) is 30.3 Å². The monoisotopic (exact) mass is 201 g/mol. The number of hydrogen-bond acceptors (Lipinski definition) is 2. The van der Waals surface area contributed by atoms with Crippen LogP contribution in [0.4, 0.5) is 0 Å². The molecule has 4 heteroatoms. The number of furan rings is 1. The molecule has 0 aliphatic carbocycles. The number of alkyl halides is 1. The fraction of sp³-hybridized carbons (Fsp3) is 0.444. The minimum atomic E-state index is -0.0579. The zero-order valence-corrected chi connectivity index (χ0v) is 8.47. The minimum Gasteiger partial charge on any atom is -0.469 e. The van der Waals surface area contributed by atoms with E-state index in [4.69, 9.17) is 16.0 Å². The summed E-state index contributed by atoms with van der Waals surface area (Å²) in [6.45, 7) is 2.35. The molecule has 0 radical (unpaired) electrons. The minimum absolute atomic E-state index is 0.0579. The summed E-state index contributed by atoms with van der Waals surface area (Å²) in [7, 11) is 1.72. The van der Waals surface area contributed by atoms with Gasteiger partial charge >= 0.3 is 0 Å². The molecule has 1 heterocycles. The fourth-order valence-electron chi connectivity index (χ4n) is 1.00. The van der Waals surface area contributed by atoms with Crippen molar-refractivity contribution in [3.05, 3.63) is 23.7 Å². The lowest BCUT2D eigenvalue weighted by atomic mass is 10.3. The number of hydrogen-bond donors (Lipinski definition) is 0. The van der Waals surface area contributed by atoms with Gasteiger partial charge in [0.25, 0.3) is 5.91 Å². The fourth-order valence-corrected chi connectivity index (χ4v) is 1.26. The molecule has 3 nitrogen and oxygen atoms in total. The number of carbonyl (C=O) groups excluding carboxylic acids is 1. The molecule has 72 valence electrons. The van der Waals surface area contributed by atoms with E-state index in [0.717, 1.165) is 5.76 Å². The smallest absolute Gasteiger partial charge is 0.256 e. The van der Waals surface area contributed by atoms with Gasteiger partial charge in [0.2, 0.25) is 0 Å². The Labute approximate surface area is 82.3 Å². The second kappa shape index (κ2) is 4.33. The lowest BCUT2D eigenvalue weighted by Gasteiger charge is -2.13. The molecular weight excluding hydrogens is 190 g/mol. The lowest BCUT2D eigenvalue weighted by Crippen LogP contribution is -2.28. The summed E-state index contributed by atoms with van der Waals surface area (Å²) < 4.78 is 5.03. The maximum Gasteiger partial charge on any atom is 0.256 e. The highest BCUT2D eigenvalue weighted by atomic mass is 35.5. The van der Waals surface area contributed by atoms with Gasteiger partial charge in [-0.3, -0.25) is 4.79 Å². The third kappa shape index (κ3) is 2.49. The number of carbonyl (C=O) groups is 1. The molecular formula is C9H12ClNO2. The third-order valence-electron chi connectivity index (χ3n) is 1.74. The predicted molar refractivity (Wildman–Crippen MR) is 51.1 cm³/mol. The van der Waals surface area contributed by atoms with Gasteiger partial charge in [0.15, 0.2) is 0 Å². The van der Waals surface area contributed by atoms with Crippen molar-refractivity contribution in [2.24, 2.45) is 0 Å². The van der Waals surface area contributed by atoms with Crippen molar-refractivity contribution in [2.75, 3.05) is 19.5 Å². The van der Waals surface area contributed by atoms with Crippen LogP contribution < -0.4 is 0 Å². The highest BCUT2D eigenvalue weighted by molar-refractivity contribution is 6.18. The largest absolute Gasteiger partial charge is 0.469 e. The van der Waals surface area contributed by atoms with Gasteiger partial charge in [0.1, 0.15) is 12.0 Å². The predicted octanol–water partition coefficient (Wildman–Crippen LogP) is 1.90. The van der Waals surface area contributed by atoms with E-state index in [-0.39, 0.29) is 5.91 Å². The Balaban J connectivity index is 2.67. The van der Waals surface area contributed by atoms with Crippen molar-refractivity contribution in [1.29, 1.82) is 0 Å². The first-order chi connectivity index (χ1) is 6.15. The molecule has 1 aromatic heterocycles. The van der Waals surface area contributed by atoms with Crippen molar-refractivity contribution in [1.82, 2.24) is 4.90 Å². The number of rotatable bonds is 3. The standard InChI is InChI=1S/C9H12ClNO2/c1-7-5-8(6-13-7)9(12)11(2)4-3-10/h5-6H,3-4H2,1-2H3. The van der Waals surface area contributed by atoms with Gasteiger partial charge in [0, 0.05) is 19.5 Å². The Bertz CT molecular complexity index is 296. The lowest BCUT2D eigenvalue weighted by molar-refractivity contribution is 0.0802. The van der Waals surface area contributed by atoms with Crippen LogP contribution in [-0.2, 0) is 0 Å². The first kappa shape index (κ1) is 10.1. The molecule has 0 unspecified atom stereocenters. The first-order valence-electron chi connectivity index (χ1n) is 4.01. The van der Waals surface area contributed by atoms with Gasteiger partial charge in [0.05, 0.1) is 5.56 Å². The van der Waals surface area contributed by atoms with Crippen LogP contribution in [0.5, 0.6) is 0 Å². The Hall–Kier alpha value is -0.960. The van der Waals surface area contributed by atoms with Crippen molar-refractivity contribution in [3.8, 4) is 0 Å². The van der Waals surface area contributed by atoms with Gasteiger partial charge in [-0.2, -0.15) is 0 Å². The molecule has 0 saturated heterocycles. The van der Waals surface area contributed by atoms with E-state index in [9.17, 15) is 4.79 Å². The highest BCUT2D eigenvalue weighted by Crippen LogP contribution is 2.08. The third-order valence-corrected chi connectivity index (χ3v) is 1.91. The van der Waals surface area contributed by atoms with Crippen molar-refractivity contribution in [3.63, 3.8) is 0 Å². The van der Waals surface area contributed by atoms with Gasteiger partial charge in [-0.15, -0.1) is 11.6 Å². The maximum absolute atomic E-state index is 11.6. The van der Waals surface area contributed by atoms with Gasteiger partial charge in [-0.05, 0) is 13.0 Å². The topological polar surface area (TPSA) is 33.5 Å². The molecule has 0 aromatic carbocycles. The SMILES string of the molecule is Cc1cc(C(=O)N(C)CCCl)co1. The van der Waals surface area contributed by atoms with E-state index >= 15 is 0 Å². The molecule has 0 N–H and O–H groups in total. The van der Waals surface area contributed by atoms with Crippen molar-refractivity contribution in [2.45, 2.75) is 6.92 Å². The Morgan fingerprint density at radius 1 is 1.69 bits per heavy atom. The van der Waals surface area contributed by atoms with Gasteiger partial charge < -0.3 is 9.32 Å². The molecule has 1 aromatic rings. The number of halogens is 1. The van der Waals surface area contributed by atoms with Crippen molar-refractivity contribution < 1.29 is 9.21 Å². The molecule has 0 aliphatic rings. The number of aryl methyl sites for hydroxylation is 1. The van der Waals surface area contributed by atoms with Crippen LogP contribution in [0, 0.1) is 6.92 Å². The van der Waals surface area contributed by atoms with Crippen LogP contribution in [0.25, 0.3) is 0 Å². The summed E-state index contributed by atoms with van der Waals surface area (Å²) in [4.78, 5) is 13.1. The summed E-state index contributed by atoms with van der Waals surface area (Å²) in [5, 5.41) is 0. The molecule has 1 rings (SSSR count). The first-order valence-corrected chi connectivity index (χ1v) is 4.55.